The summed E-state index contributed by atoms with van der Waals surface area (Å²) in [5.41, 5.74) is 6.95. The molecule has 16 heavy (non-hydrogen) atoms. The Morgan fingerprint density at radius 3 is 2.81 bits per heavy atom. The zero-order valence-electron chi connectivity index (χ0n) is 9.19. The van der Waals surface area contributed by atoms with Gasteiger partial charge in [-0.2, -0.15) is 5.10 Å². The van der Waals surface area contributed by atoms with Crippen LogP contribution in [0.1, 0.15) is 31.4 Å². The van der Waals surface area contributed by atoms with Crippen LogP contribution < -0.4 is 11.1 Å². The number of hydrogen-bond donors (Lipinski definition) is 2. The van der Waals surface area contributed by atoms with Crippen molar-refractivity contribution in [1.82, 2.24) is 15.5 Å². The van der Waals surface area contributed by atoms with Gasteiger partial charge >= 0.3 is 0 Å². The summed E-state index contributed by atoms with van der Waals surface area (Å²) in [5, 5.41) is 11.7. The SMILES string of the molecule is N[C@H]1CCCC[C@H]1NCc1ccc(Cl)nn1. The summed E-state index contributed by atoms with van der Waals surface area (Å²) in [5.74, 6) is 0. The van der Waals surface area contributed by atoms with Crippen LogP contribution in [-0.2, 0) is 6.54 Å². The molecule has 4 nitrogen and oxygen atoms in total. The minimum atomic E-state index is 0.272. The molecule has 0 bridgehead atoms. The third-order valence-electron chi connectivity index (χ3n) is 3.05. The molecule has 1 heterocycles. The lowest BCUT2D eigenvalue weighted by atomic mass is 9.91. The lowest BCUT2D eigenvalue weighted by molar-refractivity contribution is 0.325. The molecule has 2 atom stereocenters. The van der Waals surface area contributed by atoms with Crippen molar-refractivity contribution in [3.63, 3.8) is 0 Å². The van der Waals surface area contributed by atoms with Gasteiger partial charge in [-0.3, -0.25) is 0 Å². The zero-order chi connectivity index (χ0) is 11.4. The van der Waals surface area contributed by atoms with E-state index in [9.17, 15) is 0 Å². The number of nitrogens with two attached hydrogens (primary N) is 1. The van der Waals surface area contributed by atoms with Crippen molar-refractivity contribution in [1.29, 1.82) is 0 Å². The molecule has 0 radical (unpaired) electrons. The predicted molar refractivity (Wildman–Crippen MR) is 64.1 cm³/mol. The molecule has 5 heteroatoms. The molecule has 1 aliphatic carbocycles. The molecule has 0 aromatic carbocycles. The Labute approximate surface area is 101 Å². The first-order valence-electron chi connectivity index (χ1n) is 5.73. The molecule has 1 aliphatic rings. The second kappa shape index (κ2) is 5.57. The van der Waals surface area contributed by atoms with Gasteiger partial charge < -0.3 is 11.1 Å². The molecule has 0 saturated heterocycles. The fourth-order valence-electron chi connectivity index (χ4n) is 2.09. The van der Waals surface area contributed by atoms with Crippen LogP contribution >= 0.6 is 11.6 Å². The first-order valence-corrected chi connectivity index (χ1v) is 6.10. The van der Waals surface area contributed by atoms with E-state index < -0.39 is 0 Å². The quantitative estimate of drug-likeness (QED) is 0.840. The van der Waals surface area contributed by atoms with Gasteiger partial charge in [0.2, 0.25) is 0 Å². The van der Waals surface area contributed by atoms with Crippen molar-refractivity contribution in [2.45, 2.75) is 44.3 Å². The summed E-state index contributed by atoms with van der Waals surface area (Å²) in [6, 6.07) is 4.32. The maximum Gasteiger partial charge on any atom is 0.151 e. The highest BCUT2D eigenvalue weighted by atomic mass is 35.5. The molecular formula is C11H17ClN4. The molecular weight excluding hydrogens is 224 g/mol. The Hall–Kier alpha value is -0.710. The highest BCUT2D eigenvalue weighted by Crippen LogP contribution is 2.17. The number of rotatable bonds is 3. The molecule has 1 aromatic heterocycles. The minimum absolute atomic E-state index is 0.272. The minimum Gasteiger partial charge on any atom is -0.326 e. The Morgan fingerprint density at radius 1 is 1.31 bits per heavy atom. The summed E-state index contributed by atoms with van der Waals surface area (Å²) in [6.07, 6.45) is 4.78. The number of nitrogens with one attached hydrogen (secondary N) is 1. The van der Waals surface area contributed by atoms with Gasteiger partial charge in [-0.05, 0) is 25.0 Å². The molecule has 1 fully saturated rings. The Kier molecular flexibility index (Phi) is 4.09. The molecule has 0 aliphatic heterocycles. The van der Waals surface area contributed by atoms with Gasteiger partial charge in [0.25, 0.3) is 0 Å². The smallest absolute Gasteiger partial charge is 0.151 e. The fourth-order valence-corrected chi connectivity index (χ4v) is 2.19. The van der Waals surface area contributed by atoms with E-state index in [-0.39, 0.29) is 6.04 Å². The number of aromatic nitrogens is 2. The average molecular weight is 241 g/mol. The van der Waals surface area contributed by atoms with Crippen LogP contribution in [0.5, 0.6) is 0 Å². The zero-order valence-corrected chi connectivity index (χ0v) is 9.95. The average Bonchev–Trinajstić information content (AvgIpc) is 2.30. The summed E-state index contributed by atoms with van der Waals surface area (Å²) < 4.78 is 0. The van der Waals surface area contributed by atoms with Crippen molar-refractivity contribution < 1.29 is 0 Å². The Bertz CT molecular complexity index is 327. The Balaban J connectivity index is 1.84. The molecule has 1 saturated carbocycles. The van der Waals surface area contributed by atoms with E-state index in [1.807, 2.05) is 6.07 Å². The summed E-state index contributed by atoms with van der Waals surface area (Å²) in [4.78, 5) is 0. The van der Waals surface area contributed by atoms with Crippen molar-refractivity contribution in [3.8, 4) is 0 Å². The van der Waals surface area contributed by atoms with E-state index in [1.54, 1.807) is 6.07 Å². The summed E-state index contributed by atoms with van der Waals surface area (Å²) in [7, 11) is 0. The fraction of sp³-hybridized carbons (Fsp3) is 0.636. The lowest BCUT2D eigenvalue weighted by Gasteiger charge is -2.29. The Morgan fingerprint density at radius 2 is 2.12 bits per heavy atom. The van der Waals surface area contributed by atoms with Crippen LogP contribution in [0.3, 0.4) is 0 Å². The number of nitrogens with zero attached hydrogens (tertiary/aromatic N) is 2. The van der Waals surface area contributed by atoms with Gasteiger partial charge in [-0.1, -0.05) is 24.4 Å². The van der Waals surface area contributed by atoms with E-state index in [0.717, 1.165) is 18.5 Å². The van der Waals surface area contributed by atoms with Crippen LogP contribution in [0.15, 0.2) is 12.1 Å². The monoisotopic (exact) mass is 240 g/mol. The van der Waals surface area contributed by atoms with Gasteiger partial charge in [0.1, 0.15) is 0 Å². The molecule has 0 unspecified atom stereocenters. The molecule has 0 amide bonds. The second-order valence-electron chi connectivity index (χ2n) is 4.28. The molecule has 3 N–H and O–H groups in total. The standard InChI is InChI=1S/C11H17ClN4/c12-11-6-5-8(15-16-11)7-14-10-4-2-1-3-9(10)13/h5-6,9-10,14H,1-4,7,13H2/t9-,10+/m0/s1. The summed E-state index contributed by atoms with van der Waals surface area (Å²) in [6.45, 7) is 0.711. The molecule has 1 aromatic rings. The second-order valence-corrected chi connectivity index (χ2v) is 4.67. The largest absolute Gasteiger partial charge is 0.326 e. The maximum absolute atomic E-state index is 6.05. The van der Waals surface area contributed by atoms with Crippen molar-refractivity contribution in [3.05, 3.63) is 23.0 Å². The molecule has 88 valence electrons. The lowest BCUT2D eigenvalue weighted by Crippen LogP contribution is -2.46. The highest BCUT2D eigenvalue weighted by Gasteiger charge is 2.20. The third-order valence-corrected chi connectivity index (χ3v) is 3.25. The molecule has 2 rings (SSSR count). The van der Waals surface area contributed by atoms with E-state index in [0.29, 0.717) is 17.7 Å². The van der Waals surface area contributed by atoms with Crippen LogP contribution in [0.25, 0.3) is 0 Å². The van der Waals surface area contributed by atoms with Crippen molar-refractivity contribution in [2.24, 2.45) is 5.73 Å². The van der Waals surface area contributed by atoms with Crippen LogP contribution in [-0.4, -0.2) is 22.3 Å². The van der Waals surface area contributed by atoms with Crippen molar-refractivity contribution in [2.75, 3.05) is 0 Å². The third kappa shape index (κ3) is 3.14. The van der Waals surface area contributed by atoms with Crippen LogP contribution in [0, 0.1) is 0 Å². The van der Waals surface area contributed by atoms with Gasteiger partial charge in [-0.15, -0.1) is 5.10 Å². The van der Waals surface area contributed by atoms with Crippen molar-refractivity contribution >= 4 is 11.6 Å². The first kappa shape index (κ1) is 11.8. The topological polar surface area (TPSA) is 63.8 Å². The van der Waals surface area contributed by atoms with E-state index in [4.69, 9.17) is 17.3 Å². The van der Waals surface area contributed by atoms with E-state index in [1.165, 1.54) is 12.8 Å². The normalized spacial score (nSPS) is 25.6. The molecule has 0 spiro atoms. The van der Waals surface area contributed by atoms with Gasteiger partial charge in [-0.25, -0.2) is 0 Å². The van der Waals surface area contributed by atoms with Crippen LogP contribution in [0.2, 0.25) is 5.15 Å². The first-order chi connectivity index (χ1) is 7.75. The van der Waals surface area contributed by atoms with Gasteiger partial charge in [0, 0.05) is 18.6 Å². The maximum atomic E-state index is 6.05. The number of hydrogen-bond acceptors (Lipinski definition) is 4. The van der Waals surface area contributed by atoms with Gasteiger partial charge in [0.15, 0.2) is 5.15 Å². The van der Waals surface area contributed by atoms with Crippen LogP contribution in [0.4, 0.5) is 0 Å². The highest BCUT2D eigenvalue weighted by molar-refractivity contribution is 6.29. The summed E-state index contributed by atoms with van der Waals surface area (Å²) >= 11 is 5.67. The van der Waals surface area contributed by atoms with E-state index in [2.05, 4.69) is 15.5 Å². The van der Waals surface area contributed by atoms with Gasteiger partial charge in [0.05, 0.1) is 5.69 Å². The van der Waals surface area contributed by atoms with E-state index >= 15 is 0 Å². The number of halogens is 1. The predicted octanol–water partition coefficient (Wildman–Crippen LogP) is 1.49.